The second kappa shape index (κ2) is 7.93. The number of methoxy groups -OCH3 is 1. The Morgan fingerprint density at radius 2 is 2.10 bits per heavy atom. The van der Waals surface area contributed by atoms with Gasteiger partial charge in [0.15, 0.2) is 0 Å². The molecule has 1 aromatic carbocycles. The summed E-state index contributed by atoms with van der Waals surface area (Å²) in [5.41, 5.74) is 4.54. The molecule has 2 aromatic rings. The summed E-state index contributed by atoms with van der Waals surface area (Å²) in [5.74, 6) is 0. The molecule has 0 saturated heterocycles. The Morgan fingerprint density at radius 3 is 2.81 bits per heavy atom. The molecule has 0 aliphatic heterocycles. The van der Waals surface area contributed by atoms with Crippen molar-refractivity contribution in [1.82, 2.24) is 15.5 Å². The molecule has 0 bridgehead atoms. The van der Waals surface area contributed by atoms with E-state index in [-0.39, 0.29) is 0 Å². The van der Waals surface area contributed by atoms with Gasteiger partial charge in [0.2, 0.25) is 0 Å². The SMILES string of the molecule is COCC(O)CCNCc1cn[nH]c1-c1ccc(C)cc1. The Morgan fingerprint density at radius 1 is 1.33 bits per heavy atom. The summed E-state index contributed by atoms with van der Waals surface area (Å²) in [6, 6.07) is 8.37. The van der Waals surface area contributed by atoms with Gasteiger partial charge >= 0.3 is 0 Å². The topological polar surface area (TPSA) is 70.2 Å². The lowest BCUT2D eigenvalue weighted by Gasteiger charge is -2.10. The van der Waals surface area contributed by atoms with Gasteiger partial charge < -0.3 is 15.2 Å². The van der Waals surface area contributed by atoms with Crippen LogP contribution in [0.15, 0.2) is 30.5 Å². The Bertz CT molecular complexity index is 537. The highest BCUT2D eigenvalue weighted by Crippen LogP contribution is 2.21. The smallest absolute Gasteiger partial charge is 0.0785 e. The Hall–Kier alpha value is -1.69. The Balaban J connectivity index is 1.87. The largest absolute Gasteiger partial charge is 0.391 e. The third-order valence-corrected chi connectivity index (χ3v) is 3.39. The number of rotatable bonds is 8. The zero-order valence-electron chi connectivity index (χ0n) is 12.6. The van der Waals surface area contributed by atoms with Gasteiger partial charge in [0.1, 0.15) is 0 Å². The van der Waals surface area contributed by atoms with Crippen molar-refractivity contribution in [2.24, 2.45) is 0 Å². The molecule has 1 heterocycles. The number of ether oxygens (including phenoxy) is 1. The van der Waals surface area contributed by atoms with Crippen LogP contribution in [-0.4, -0.2) is 41.7 Å². The van der Waals surface area contributed by atoms with Gasteiger partial charge in [0.25, 0.3) is 0 Å². The van der Waals surface area contributed by atoms with Crippen LogP contribution in [-0.2, 0) is 11.3 Å². The van der Waals surface area contributed by atoms with Crippen molar-refractivity contribution in [3.8, 4) is 11.3 Å². The van der Waals surface area contributed by atoms with E-state index < -0.39 is 6.10 Å². The molecule has 5 heteroatoms. The summed E-state index contributed by atoms with van der Waals surface area (Å²) >= 11 is 0. The number of aromatic amines is 1. The minimum Gasteiger partial charge on any atom is -0.391 e. The van der Waals surface area contributed by atoms with E-state index in [4.69, 9.17) is 4.74 Å². The lowest BCUT2D eigenvalue weighted by molar-refractivity contribution is 0.0594. The van der Waals surface area contributed by atoms with Crippen LogP contribution in [0.2, 0.25) is 0 Å². The molecule has 3 N–H and O–H groups in total. The van der Waals surface area contributed by atoms with Crippen molar-refractivity contribution in [2.75, 3.05) is 20.3 Å². The van der Waals surface area contributed by atoms with E-state index >= 15 is 0 Å². The maximum absolute atomic E-state index is 9.58. The molecule has 1 atom stereocenters. The molecule has 0 aliphatic carbocycles. The summed E-state index contributed by atoms with van der Waals surface area (Å²) < 4.78 is 4.90. The molecule has 5 nitrogen and oxygen atoms in total. The third-order valence-electron chi connectivity index (χ3n) is 3.39. The van der Waals surface area contributed by atoms with Crippen LogP contribution in [0.1, 0.15) is 17.5 Å². The zero-order valence-corrected chi connectivity index (χ0v) is 12.6. The average molecular weight is 289 g/mol. The molecule has 0 amide bonds. The second-order valence-electron chi connectivity index (χ2n) is 5.21. The van der Waals surface area contributed by atoms with Crippen LogP contribution in [0.3, 0.4) is 0 Å². The van der Waals surface area contributed by atoms with Gasteiger partial charge in [-0.3, -0.25) is 5.10 Å². The van der Waals surface area contributed by atoms with E-state index in [0.29, 0.717) is 13.0 Å². The standard InChI is InChI=1S/C16H23N3O2/c1-12-3-5-13(6-4-12)16-14(10-18-19-16)9-17-8-7-15(20)11-21-2/h3-6,10,15,17,20H,7-9,11H2,1-2H3,(H,18,19). The number of nitrogens with zero attached hydrogens (tertiary/aromatic N) is 1. The molecule has 1 aromatic heterocycles. The quantitative estimate of drug-likeness (QED) is 0.649. The molecular formula is C16H23N3O2. The molecule has 21 heavy (non-hydrogen) atoms. The van der Waals surface area contributed by atoms with E-state index in [1.54, 1.807) is 7.11 Å². The molecule has 0 radical (unpaired) electrons. The molecule has 0 aliphatic rings. The van der Waals surface area contributed by atoms with Crippen molar-refractivity contribution < 1.29 is 9.84 Å². The number of benzene rings is 1. The highest BCUT2D eigenvalue weighted by Gasteiger charge is 2.08. The normalized spacial score (nSPS) is 12.5. The van der Waals surface area contributed by atoms with Gasteiger partial charge in [-0.05, 0) is 25.5 Å². The van der Waals surface area contributed by atoms with Gasteiger partial charge in [0.05, 0.1) is 24.6 Å². The molecular weight excluding hydrogens is 266 g/mol. The summed E-state index contributed by atoms with van der Waals surface area (Å²) in [6.45, 7) is 3.91. The van der Waals surface area contributed by atoms with Gasteiger partial charge in [-0.25, -0.2) is 0 Å². The van der Waals surface area contributed by atoms with Crippen LogP contribution >= 0.6 is 0 Å². The predicted molar refractivity (Wildman–Crippen MR) is 83.0 cm³/mol. The van der Waals surface area contributed by atoms with Gasteiger partial charge in [-0.1, -0.05) is 29.8 Å². The monoisotopic (exact) mass is 289 g/mol. The number of aliphatic hydroxyl groups excluding tert-OH is 1. The second-order valence-corrected chi connectivity index (χ2v) is 5.21. The number of aliphatic hydroxyl groups is 1. The molecule has 114 valence electrons. The lowest BCUT2D eigenvalue weighted by Crippen LogP contribution is -2.23. The molecule has 0 spiro atoms. The van der Waals surface area contributed by atoms with Crippen LogP contribution in [0.4, 0.5) is 0 Å². The third kappa shape index (κ3) is 4.67. The fourth-order valence-electron chi connectivity index (χ4n) is 2.18. The number of hydrogen-bond acceptors (Lipinski definition) is 4. The first-order chi connectivity index (χ1) is 10.2. The van der Waals surface area contributed by atoms with Crippen molar-refractivity contribution in [1.29, 1.82) is 0 Å². The maximum atomic E-state index is 9.58. The van der Waals surface area contributed by atoms with E-state index in [1.165, 1.54) is 5.56 Å². The zero-order chi connectivity index (χ0) is 15.1. The minimum absolute atomic E-state index is 0.377. The fourth-order valence-corrected chi connectivity index (χ4v) is 2.18. The predicted octanol–water partition coefficient (Wildman–Crippen LogP) is 1.87. The fraction of sp³-hybridized carbons (Fsp3) is 0.438. The van der Waals surface area contributed by atoms with E-state index in [1.807, 2.05) is 6.20 Å². The Labute approximate surface area is 125 Å². The van der Waals surface area contributed by atoms with Crippen molar-refractivity contribution in [3.63, 3.8) is 0 Å². The summed E-state index contributed by atoms with van der Waals surface area (Å²) in [4.78, 5) is 0. The maximum Gasteiger partial charge on any atom is 0.0785 e. The number of hydrogen-bond donors (Lipinski definition) is 3. The van der Waals surface area contributed by atoms with Crippen LogP contribution in [0.25, 0.3) is 11.3 Å². The van der Waals surface area contributed by atoms with Crippen molar-refractivity contribution in [3.05, 3.63) is 41.6 Å². The first kappa shape index (κ1) is 15.7. The number of aryl methyl sites for hydroxylation is 1. The Kier molecular flexibility index (Phi) is 5.92. The minimum atomic E-state index is -0.414. The van der Waals surface area contributed by atoms with Gasteiger partial charge in [-0.2, -0.15) is 5.10 Å². The number of nitrogens with one attached hydrogen (secondary N) is 2. The highest BCUT2D eigenvalue weighted by molar-refractivity contribution is 5.62. The molecule has 0 saturated carbocycles. The van der Waals surface area contributed by atoms with Gasteiger partial charge in [-0.15, -0.1) is 0 Å². The highest BCUT2D eigenvalue weighted by atomic mass is 16.5. The van der Waals surface area contributed by atoms with Crippen LogP contribution in [0, 0.1) is 6.92 Å². The first-order valence-corrected chi connectivity index (χ1v) is 7.17. The van der Waals surface area contributed by atoms with E-state index in [2.05, 4.69) is 46.7 Å². The van der Waals surface area contributed by atoms with Crippen LogP contribution < -0.4 is 5.32 Å². The lowest BCUT2D eigenvalue weighted by atomic mass is 10.1. The van der Waals surface area contributed by atoms with Crippen LogP contribution in [0.5, 0.6) is 0 Å². The summed E-state index contributed by atoms with van der Waals surface area (Å²) in [7, 11) is 1.59. The summed E-state index contributed by atoms with van der Waals surface area (Å²) in [5, 5.41) is 20.1. The van der Waals surface area contributed by atoms with Gasteiger partial charge in [0, 0.05) is 19.2 Å². The number of aromatic nitrogens is 2. The van der Waals surface area contributed by atoms with Crippen molar-refractivity contribution >= 4 is 0 Å². The molecule has 2 rings (SSSR count). The summed E-state index contributed by atoms with van der Waals surface area (Å²) in [6.07, 6.45) is 2.10. The van der Waals surface area contributed by atoms with Crippen molar-refractivity contribution in [2.45, 2.75) is 26.0 Å². The van der Waals surface area contributed by atoms with E-state index in [0.717, 1.165) is 29.9 Å². The number of H-pyrrole nitrogens is 1. The first-order valence-electron chi connectivity index (χ1n) is 7.17. The average Bonchev–Trinajstić information content (AvgIpc) is 2.93. The van der Waals surface area contributed by atoms with E-state index in [9.17, 15) is 5.11 Å². The molecule has 0 fully saturated rings. The molecule has 1 unspecified atom stereocenters.